The summed E-state index contributed by atoms with van der Waals surface area (Å²) in [6, 6.07) is 11.7. The molecular formula is C20H18BN5O2. The van der Waals surface area contributed by atoms with Gasteiger partial charge in [-0.25, -0.2) is 0 Å². The van der Waals surface area contributed by atoms with E-state index in [2.05, 4.69) is 22.3 Å². The van der Waals surface area contributed by atoms with Crippen molar-refractivity contribution >= 4 is 30.5 Å². The van der Waals surface area contributed by atoms with E-state index in [9.17, 15) is 9.59 Å². The Kier molecular flexibility index (Phi) is 4.39. The molecule has 138 valence electrons. The van der Waals surface area contributed by atoms with Crippen molar-refractivity contribution in [3.8, 4) is 0 Å². The molecule has 0 bridgehead atoms. The quantitative estimate of drug-likeness (QED) is 0.541. The number of aromatic amines is 1. The fraction of sp³-hybridized carbons (Fsp3) is 0.150. The van der Waals surface area contributed by atoms with Crippen LogP contribution in [-0.2, 0) is 7.05 Å². The SMILES string of the molecule is [B]n1cc(NC(=O)c2cc3c(C(C)c4ccccc4)cn(C)c(=O)c3[nH]2)cn1. The van der Waals surface area contributed by atoms with Crippen LogP contribution in [0.15, 0.2) is 59.8 Å². The minimum atomic E-state index is -0.371. The van der Waals surface area contributed by atoms with Crippen molar-refractivity contribution in [2.24, 2.45) is 7.05 Å². The second kappa shape index (κ2) is 6.88. The Balaban J connectivity index is 1.78. The standard InChI is InChI=1S/C20H18BN5O2/c1-12(13-6-4-3-5-7-13)16-11-25(2)20(28)18-15(16)8-17(24-18)19(27)23-14-9-22-26(21)10-14/h3-12,24H,1-2H3,(H,23,27). The molecule has 1 amide bonds. The lowest BCUT2D eigenvalue weighted by atomic mass is 9.92. The zero-order chi connectivity index (χ0) is 19.8. The number of benzene rings is 1. The van der Waals surface area contributed by atoms with Crippen molar-refractivity contribution in [1.29, 1.82) is 0 Å². The lowest BCUT2D eigenvalue weighted by Gasteiger charge is -2.15. The largest absolute Gasteiger partial charge is 0.346 e. The Hall–Kier alpha value is -3.55. The monoisotopic (exact) mass is 371 g/mol. The van der Waals surface area contributed by atoms with E-state index in [1.54, 1.807) is 13.1 Å². The molecule has 2 N–H and O–H groups in total. The zero-order valence-corrected chi connectivity index (χ0v) is 15.5. The molecule has 0 saturated carbocycles. The van der Waals surface area contributed by atoms with Crippen LogP contribution in [0.4, 0.5) is 5.69 Å². The average Bonchev–Trinajstić information content (AvgIpc) is 3.31. The molecule has 28 heavy (non-hydrogen) atoms. The number of aryl methyl sites for hydroxylation is 1. The lowest BCUT2D eigenvalue weighted by Crippen LogP contribution is -2.18. The Labute approximate surface area is 162 Å². The molecule has 3 aromatic heterocycles. The third kappa shape index (κ3) is 3.13. The van der Waals surface area contributed by atoms with Gasteiger partial charge in [0, 0.05) is 30.7 Å². The fourth-order valence-electron chi connectivity index (χ4n) is 3.35. The number of anilines is 1. The van der Waals surface area contributed by atoms with Crippen LogP contribution in [0.5, 0.6) is 0 Å². The minimum Gasteiger partial charge on any atom is -0.346 e. The van der Waals surface area contributed by atoms with Crippen LogP contribution in [0.1, 0.15) is 34.5 Å². The summed E-state index contributed by atoms with van der Waals surface area (Å²) in [6.07, 6.45) is 4.77. The normalized spacial score (nSPS) is 12.2. The van der Waals surface area contributed by atoms with Gasteiger partial charge in [0.2, 0.25) is 0 Å². The molecule has 1 unspecified atom stereocenters. The number of hydrogen-bond donors (Lipinski definition) is 2. The topological polar surface area (TPSA) is 84.7 Å². The molecule has 0 fully saturated rings. The predicted molar refractivity (Wildman–Crippen MR) is 109 cm³/mol. The maximum Gasteiger partial charge on any atom is 0.274 e. The van der Waals surface area contributed by atoms with Gasteiger partial charge in [-0.05, 0) is 17.2 Å². The van der Waals surface area contributed by atoms with Gasteiger partial charge in [-0.3, -0.25) is 9.59 Å². The first-order chi connectivity index (χ1) is 13.4. The van der Waals surface area contributed by atoms with Crippen LogP contribution in [-0.4, -0.2) is 33.1 Å². The molecule has 3 heterocycles. The molecule has 0 spiro atoms. The number of nitrogens with zero attached hydrogens (tertiary/aromatic N) is 3. The summed E-state index contributed by atoms with van der Waals surface area (Å²) in [7, 11) is 7.21. The number of H-pyrrole nitrogens is 1. The summed E-state index contributed by atoms with van der Waals surface area (Å²) in [5, 5.41) is 7.27. The van der Waals surface area contributed by atoms with Gasteiger partial charge in [-0.1, -0.05) is 37.3 Å². The highest BCUT2D eigenvalue weighted by Crippen LogP contribution is 2.29. The summed E-state index contributed by atoms with van der Waals surface area (Å²) < 4.78 is 2.64. The van der Waals surface area contributed by atoms with Crippen molar-refractivity contribution in [1.82, 2.24) is 19.2 Å². The first kappa shape index (κ1) is 17.8. The number of aromatic nitrogens is 4. The first-order valence-corrected chi connectivity index (χ1v) is 8.82. The molecule has 0 aliphatic heterocycles. The molecule has 4 aromatic rings. The molecular weight excluding hydrogens is 353 g/mol. The zero-order valence-electron chi connectivity index (χ0n) is 15.5. The first-order valence-electron chi connectivity index (χ1n) is 8.82. The molecule has 0 saturated heterocycles. The van der Waals surface area contributed by atoms with E-state index in [0.717, 1.165) is 21.1 Å². The van der Waals surface area contributed by atoms with E-state index in [4.69, 9.17) is 7.98 Å². The van der Waals surface area contributed by atoms with Gasteiger partial charge in [0.05, 0.1) is 11.9 Å². The molecule has 8 heteroatoms. The summed E-state index contributed by atoms with van der Waals surface area (Å²) in [5.74, 6) is -0.317. The van der Waals surface area contributed by atoms with E-state index in [0.29, 0.717) is 16.9 Å². The average molecular weight is 371 g/mol. The van der Waals surface area contributed by atoms with Crippen molar-refractivity contribution in [2.75, 3.05) is 5.32 Å². The van der Waals surface area contributed by atoms with Gasteiger partial charge in [0.25, 0.3) is 19.4 Å². The van der Waals surface area contributed by atoms with Crippen LogP contribution >= 0.6 is 0 Å². The summed E-state index contributed by atoms with van der Waals surface area (Å²) in [5.41, 5.74) is 3.08. The van der Waals surface area contributed by atoms with Gasteiger partial charge in [0.1, 0.15) is 11.2 Å². The molecule has 7 nitrogen and oxygen atoms in total. The van der Waals surface area contributed by atoms with Crippen molar-refractivity contribution < 1.29 is 4.79 Å². The minimum absolute atomic E-state index is 0.0534. The van der Waals surface area contributed by atoms with E-state index < -0.39 is 0 Å². The van der Waals surface area contributed by atoms with E-state index in [1.807, 2.05) is 36.5 Å². The summed E-state index contributed by atoms with van der Waals surface area (Å²) in [6.45, 7) is 2.08. The Morgan fingerprint density at radius 1 is 1.25 bits per heavy atom. The number of hydrogen-bond acceptors (Lipinski definition) is 3. The third-order valence-electron chi connectivity index (χ3n) is 4.87. The van der Waals surface area contributed by atoms with Gasteiger partial charge in [-0.15, -0.1) is 0 Å². The second-order valence-corrected chi connectivity index (χ2v) is 6.77. The van der Waals surface area contributed by atoms with Crippen molar-refractivity contribution in [3.05, 3.63) is 82.2 Å². The van der Waals surface area contributed by atoms with Crippen molar-refractivity contribution in [2.45, 2.75) is 12.8 Å². The number of amides is 1. The van der Waals surface area contributed by atoms with E-state index in [-0.39, 0.29) is 17.4 Å². The molecule has 2 radical (unpaired) electrons. The maximum atomic E-state index is 12.6. The Morgan fingerprint density at radius 2 is 2.00 bits per heavy atom. The van der Waals surface area contributed by atoms with Crippen LogP contribution in [0.3, 0.4) is 0 Å². The van der Waals surface area contributed by atoms with E-state index >= 15 is 0 Å². The number of pyridine rings is 1. The molecule has 1 aromatic carbocycles. The van der Waals surface area contributed by atoms with Crippen LogP contribution in [0.2, 0.25) is 0 Å². The van der Waals surface area contributed by atoms with Crippen LogP contribution in [0, 0.1) is 0 Å². The van der Waals surface area contributed by atoms with Crippen molar-refractivity contribution in [3.63, 3.8) is 0 Å². The summed E-state index contributed by atoms with van der Waals surface area (Å²) in [4.78, 5) is 28.2. The number of rotatable bonds is 4. The number of nitrogens with one attached hydrogen (secondary N) is 2. The highest BCUT2D eigenvalue weighted by molar-refractivity contribution is 6.08. The number of carbonyl (C=O) groups is 1. The third-order valence-corrected chi connectivity index (χ3v) is 4.87. The number of fused-ring (bicyclic) bond motifs is 1. The van der Waals surface area contributed by atoms with Gasteiger partial charge in [0.15, 0.2) is 0 Å². The Morgan fingerprint density at radius 3 is 2.68 bits per heavy atom. The predicted octanol–water partition coefficient (Wildman–Crippen LogP) is 2.40. The van der Waals surface area contributed by atoms with Gasteiger partial charge < -0.3 is 19.5 Å². The number of carbonyl (C=O) groups excluding carboxylic acids is 1. The fourth-order valence-corrected chi connectivity index (χ4v) is 3.35. The molecule has 4 rings (SSSR count). The summed E-state index contributed by atoms with van der Waals surface area (Å²) >= 11 is 0. The van der Waals surface area contributed by atoms with Gasteiger partial charge in [-0.2, -0.15) is 5.10 Å². The molecule has 0 aliphatic rings. The molecule has 1 atom stereocenters. The molecule has 0 aliphatic carbocycles. The van der Waals surface area contributed by atoms with E-state index in [1.165, 1.54) is 17.0 Å². The Bertz CT molecular complexity index is 1220. The highest BCUT2D eigenvalue weighted by atomic mass is 16.2. The lowest BCUT2D eigenvalue weighted by molar-refractivity contribution is 0.102. The smallest absolute Gasteiger partial charge is 0.274 e. The second-order valence-electron chi connectivity index (χ2n) is 6.77. The van der Waals surface area contributed by atoms with Crippen LogP contribution in [0.25, 0.3) is 10.9 Å². The highest BCUT2D eigenvalue weighted by Gasteiger charge is 2.19. The maximum absolute atomic E-state index is 12.6. The van der Waals surface area contributed by atoms with Gasteiger partial charge >= 0.3 is 0 Å². The van der Waals surface area contributed by atoms with Crippen LogP contribution < -0.4 is 10.9 Å².